The van der Waals surface area contributed by atoms with Gasteiger partial charge >= 0.3 is 0 Å². The molecule has 0 radical (unpaired) electrons. The minimum atomic E-state index is -1.10. The Kier molecular flexibility index (Phi) is 16.2. The molecule has 0 spiro atoms. The van der Waals surface area contributed by atoms with Crippen LogP contribution in [-0.2, 0) is 0 Å². The maximum atomic E-state index is 8.24. The normalized spacial score (nSPS) is 9.50. The molecule has 12 heavy (non-hydrogen) atoms. The number of unbranched alkanes of at least 4 members (excludes halogenated alkanes) is 1. The van der Waals surface area contributed by atoms with Crippen LogP contribution >= 0.6 is 0 Å². The summed E-state index contributed by atoms with van der Waals surface area (Å²) in [6.45, 7) is 8.41. The lowest BCUT2D eigenvalue weighted by molar-refractivity contribution is -0.0463. The van der Waals surface area contributed by atoms with Crippen molar-refractivity contribution in [1.82, 2.24) is 5.32 Å². The summed E-state index contributed by atoms with van der Waals surface area (Å²) in [7, 11) is 0. The minimum Gasteiger partial charge on any atom is -0.368 e. The number of rotatable bonds is 5. The Hall–Kier alpha value is -0.120. The van der Waals surface area contributed by atoms with Gasteiger partial charge in [0.1, 0.15) is 0 Å². The van der Waals surface area contributed by atoms with E-state index in [0.29, 0.717) is 6.42 Å². The monoisotopic (exact) mass is 177 g/mol. The van der Waals surface area contributed by atoms with E-state index in [9.17, 15) is 0 Å². The summed E-state index contributed by atoms with van der Waals surface area (Å²) >= 11 is 0. The first-order chi connectivity index (χ1) is 5.68. The molecule has 0 rings (SSSR count). The van der Waals surface area contributed by atoms with E-state index in [-0.39, 0.29) is 0 Å². The van der Waals surface area contributed by atoms with E-state index in [4.69, 9.17) is 10.2 Å². The van der Waals surface area contributed by atoms with Crippen molar-refractivity contribution in [1.29, 1.82) is 0 Å². The Morgan fingerprint density at radius 1 is 1.08 bits per heavy atom. The third-order valence-electron chi connectivity index (χ3n) is 1.32. The van der Waals surface area contributed by atoms with Crippen LogP contribution < -0.4 is 5.32 Å². The van der Waals surface area contributed by atoms with Crippen molar-refractivity contribution >= 4 is 0 Å². The average Bonchev–Trinajstić information content (AvgIpc) is 2.03. The second kappa shape index (κ2) is 13.5. The molecule has 0 heterocycles. The maximum absolute atomic E-state index is 8.24. The molecule has 0 unspecified atom stereocenters. The van der Waals surface area contributed by atoms with Crippen molar-refractivity contribution in [3.63, 3.8) is 0 Å². The number of nitrogens with one attached hydrogen (secondary N) is 1. The number of aliphatic hydroxyl groups excluding tert-OH is 1. The molecule has 0 aromatic rings. The third kappa shape index (κ3) is 22.5. The molecule has 3 N–H and O–H groups in total. The summed E-state index contributed by atoms with van der Waals surface area (Å²) in [6, 6.07) is 0. The molecular weight excluding hydrogens is 154 g/mol. The van der Waals surface area contributed by atoms with Crippen LogP contribution in [0.4, 0.5) is 0 Å². The third-order valence-corrected chi connectivity index (χ3v) is 1.32. The van der Waals surface area contributed by atoms with Crippen molar-refractivity contribution in [2.24, 2.45) is 0 Å². The van der Waals surface area contributed by atoms with Crippen LogP contribution in [0.3, 0.4) is 0 Å². The molecule has 0 aliphatic carbocycles. The molecule has 0 amide bonds. The second-order valence-electron chi connectivity index (χ2n) is 2.58. The fourth-order valence-corrected chi connectivity index (χ4v) is 0.637. The highest BCUT2D eigenvalue weighted by Gasteiger charge is 1.92. The fraction of sp³-hybridized carbons (Fsp3) is 1.00. The lowest BCUT2D eigenvalue weighted by Gasteiger charge is -1.97. The molecule has 0 bridgehead atoms. The number of aliphatic hydroxyl groups is 2. The Balaban J connectivity index is 0. The van der Waals surface area contributed by atoms with E-state index in [1.165, 1.54) is 0 Å². The van der Waals surface area contributed by atoms with Crippen LogP contribution in [0.5, 0.6) is 0 Å². The van der Waals surface area contributed by atoms with Crippen molar-refractivity contribution in [2.45, 2.75) is 46.3 Å². The Morgan fingerprint density at radius 2 is 1.58 bits per heavy atom. The highest BCUT2D eigenvalue weighted by atomic mass is 16.5. The van der Waals surface area contributed by atoms with Gasteiger partial charge in [-0.1, -0.05) is 27.2 Å². The van der Waals surface area contributed by atoms with E-state index in [0.717, 1.165) is 25.9 Å². The van der Waals surface area contributed by atoms with Crippen LogP contribution in [0.15, 0.2) is 0 Å². The summed E-state index contributed by atoms with van der Waals surface area (Å²) in [5.74, 6) is 0. The summed E-state index contributed by atoms with van der Waals surface area (Å²) in [4.78, 5) is 0. The smallest absolute Gasteiger partial charge is 0.151 e. The van der Waals surface area contributed by atoms with Crippen molar-refractivity contribution in [3.8, 4) is 0 Å². The molecule has 76 valence electrons. The van der Waals surface area contributed by atoms with E-state index >= 15 is 0 Å². The molecule has 0 atom stereocenters. The van der Waals surface area contributed by atoms with Crippen LogP contribution in [0.2, 0.25) is 0 Å². The molecule has 0 aromatic carbocycles. The first-order valence-electron chi connectivity index (χ1n) is 4.75. The quantitative estimate of drug-likeness (QED) is 0.551. The van der Waals surface area contributed by atoms with Gasteiger partial charge in [-0.15, -0.1) is 0 Å². The highest BCUT2D eigenvalue weighted by Crippen LogP contribution is 1.95. The Labute approximate surface area is 75.8 Å². The largest absolute Gasteiger partial charge is 0.368 e. The molecule has 0 saturated heterocycles. The molecule has 0 aliphatic rings. The van der Waals surface area contributed by atoms with E-state index < -0.39 is 6.29 Å². The van der Waals surface area contributed by atoms with Gasteiger partial charge in [0.2, 0.25) is 0 Å². The zero-order valence-corrected chi connectivity index (χ0v) is 8.51. The maximum Gasteiger partial charge on any atom is 0.151 e. The average molecular weight is 177 g/mol. The van der Waals surface area contributed by atoms with Crippen molar-refractivity contribution in [2.75, 3.05) is 13.1 Å². The minimum absolute atomic E-state index is 0.510. The fourth-order valence-electron chi connectivity index (χ4n) is 0.637. The lowest BCUT2D eigenvalue weighted by atomic mass is 10.2. The zero-order valence-electron chi connectivity index (χ0n) is 8.51. The van der Waals surface area contributed by atoms with Gasteiger partial charge in [0.25, 0.3) is 0 Å². The summed E-state index contributed by atoms with van der Waals surface area (Å²) < 4.78 is 0. The van der Waals surface area contributed by atoms with Gasteiger partial charge in [0.15, 0.2) is 6.29 Å². The topological polar surface area (TPSA) is 52.5 Å². The van der Waals surface area contributed by atoms with Crippen LogP contribution in [0, 0.1) is 0 Å². The van der Waals surface area contributed by atoms with Gasteiger partial charge in [-0.25, -0.2) is 0 Å². The zero-order chi connectivity index (χ0) is 9.82. The van der Waals surface area contributed by atoms with Gasteiger partial charge in [-0.05, 0) is 25.9 Å². The Bertz CT molecular complexity index is 65.5. The molecule has 0 aromatic heterocycles. The summed E-state index contributed by atoms with van der Waals surface area (Å²) in [5.41, 5.74) is 0. The highest BCUT2D eigenvalue weighted by molar-refractivity contribution is 4.36. The van der Waals surface area contributed by atoms with Gasteiger partial charge in [-0.2, -0.15) is 0 Å². The lowest BCUT2D eigenvalue weighted by Crippen LogP contribution is -2.09. The van der Waals surface area contributed by atoms with Gasteiger partial charge < -0.3 is 15.5 Å². The van der Waals surface area contributed by atoms with E-state index in [2.05, 4.69) is 19.2 Å². The van der Waals surface area contributed by atoms with Crippen molar-refractivity contribution in [3.05, 3.63) is 0 Å². The van der Waals surface area contributed by atoms with Crippen LogP contribution in [0.25, 0.3) is 0 Å². The van der Waals surface area contributed by atoms with Crippen molar-refractivity contribution < 1.29 is 10.2 Å². The molecular formula is C9H23NO2. The predicted molar refractivity (Wildman–Crippen MR) is 52.0 cm³/mol. The molecule has 0 aliphatic heterocycles. The van der Waals surface area contributed by atoms with Crippen LogP contribution in [-0.4, -0.2) is 29.6 Å². The number of hydrogen-bond donors (Lipinski definition) is 3. The van der Waals surface area contributed by atoms with Crippen LogP contribution in [0.1, 0.15) is 40.0 Å². The number of hydrogen-bond acceptors (Lipinski definition) is 3. The van der Waals surface area contributed by atoms with Gasteiger partial charge in [0.05, 0.1) is 0 Å². The molecule has 3 nitrogen and oxygen atoms in total. The SMILES string of the molecule is CCCCC(O)O.CCNCC. The second-order valence-corrected chi connectivity index (χ2v) is 2.58. The molecule has 0 fully saturated rings. The first-order valence-corrected chi connectivity index (χ1v) is 4.75. The summed E-state index contributed by atoms with van der Waals surface area (Å²) in [5, 5.41) is 19.6. The Morgan fingerprint density at radius 3 is 1.67 bits per heavy atom. The standard InChI is InChI=1S/C5H12O2.C4H11N/c1-2-3-4-5(6)7;1-3-5-4-2/h5-7H,2-4H2,1H3;5H,3-4H2,1-2H3. The van der Waals surface area contributed by atoms with Gasteiger partial charge in [0, 0.05) is 0 Å². The van der Waals surface area contributed by atoms with E-state index in [1.807, 2.05) is 6.92 Å². The molecule has 0 saturated carbocycles. The first kappa shape index (κ1) is 14.4. The van der Waals surface area contributed by atoms with Gasteiger partial charge in [-0.3, -0.25) is 0 Å². The van der Waals surface area contributed by atoms with E-state index in [1.54, 1.807) is 0 Å². The predicted octanol–water partition coefficient (Wildman–Crippen LogP) is 1.10. The molecule has 3 heteroatoms. The summed E-state index contributed by atoms with van der Waals surface area (Å²) in [6.07, 6.45) is 1.34.